The average molecular weight is 327 g/mol. The zero-order chi connectivity index (χ0) is 17.5. The number of carbonyl (C=O) groups is 2. The number of amides is 1. The molecule has 0 unspecified atom stereocenters. The minimum atomic E-state index is -0.204. The van der Waals surface area contributed by atoms with Crippen molar-refractivity contribution in [2.45, 2.75) is 0 Å². The number of hydrogen-bond acceptors (Lipinski definition) is 2. The Morgan fingerprint density at radius 3 is 2.08 bits per heavy atom. The molecule has 0 aliphatic heterocycles. The molecule has 25 heavy (non-hydrogen) atoms. The van der Waals surface area contributed by atoms with Crippen LogP contribution in [0, 0.1) is 0 Å². The third-order valence-electron chi connectivity index (χ3n) is 3.67. The first kappa shape index (κ1) is 16.4. The maximum Gasteiger partial charge on any atom is 0.255 e. The fourth-order valence-electron chi connectivity index (χ4n) is 2.38. The van der Waals surface area contributed by atoms with E-state index in [0.29, 0.717) is 16.8 Å². The standard InChI is InChI=1S/C22H17NO2/c24-21(15-14-17-8-3-1-4-9-17)19-12-7-13-20(16-19)23-22(25)18-10-5-2-6-11-18/h1-16H,(H,23,25)/b15-14+. The van der Waals surface area contributed by atoms with Crippen molar-refractivity contribution in [3.05, 3.63) is 108 Å². The Morgan fingerprint density at radius 1 is 0.720 bits per heavy atom. The summed E-state index contributed by atoms with van der Waals surface area (Å²) in [7, 11) is 0. The first-order chi connectivity index (χ1) is 12.2. The van der Waals surface area contributed by atoms with Crippen LogP contribution in [0.4, 0.5) is 5.69 Å². The van der Waals surface area contributed by atoms with E-state index in [1.165, 1.54) is 6.08 Å². The normalized spacial score (nSPS) is 10.6. The molecule has 3 aromatic rings. The van der Waals surface area contributed by atoms with Gasteiger partial charge in [0.15, 0.2) is 5.78 Å². The Balaban J connectivity index is 1.72. The van der Waals surface area contributed by atoms with Crippen LogP contribution < -0.4 is 5.32 Å². The van der Waals surface area contributed by atoms with Crippen molar-refractivity contribution in [3.63, 3.8) is 0 Å². The zero-order valence-electron chi connectivity index (χ0n) is 13.6. The van der Waals surface area contributed by atoms with Crippen molar-refractivity contribution in [3.8, 4) is 0 Å². The third-order valence-corrected chi connectivity index (χ3v) is 3.67. The SMILES string of the molecule is O=C(/C=C/c1ccccc1)c1cccc(NC(=O)c2ccccc2)c1. The maximum absolute atomic E-state index is 12.3. The lowest BCUT2D eigenvalue weighted by atomic mass is 10.1. The number of carbonyl (C=O) groups excluding carboxylic acids is 2. The van der Waals surface area contributed by atoms with Crippen molar-refractivity contribution >= 4 is 23.5 Å². The maximum atomic E-state index is 12.3. The van der Waals surface area contributed by atoms with E-state index < -0.39 is 0 Å². The number of hydrogen-bond donors (Lipinski definition) is 1. The van der Waals surface area contributed by atoms with Crippen LogP contribution >= 0.6 is 0 Å². The van der Waals surface area contributed by atoms with Gasteiger partial charge in [0.05, 0.1) is 0 Å². The predicted octanol–water partition coefficient (Wildman–Crippen LogP) is 4.84. The van der Waals surface area contributed by atoms with E-state index in [-0.39, 0.29) is 11.7 Å². The van der Waals surface area contributed by atoms with Crippen LogP contribution in [0.5, 0.6) is 0 Å². The molecule has 0 saturated carbocycles. The summed E-state index contributed by atoms with van der Waals surface area (Å²) < 4.78 is 0. The first-order valence-electron chi connectivity index (χ1n) is 7.96. The van der Waals surface area contributed by atoms with Crippen LogP contribution in [-0.2, 0) is 0 Å². The van der Waals surface area contributed by atoms with E-state index in [1.807, 2.05) is 48.5 Å². The number of benzene rings is 3. The molecule has 1 N–H and O–H groups in total. The average Bonchev–Trinajstić information content (AvgIpc) is 2.68. The molecule has 0 heterocycles. The topological polar surface area (TPSA) is 46.2 Å². The Morgan fingerprint density at radius 2 is 1.36 bits per heavy atom. The second-order valence-electron chi connectivity index (χ2n) is 5.51. The van der Waals surface area contributed by atoms with Gasteiger partial charge >= 0.3 is 0 Å². The summed E-state index contributed by atoms with van der Waals surface area (Å²) in [5.41, 5.74) is 2.65. The lowest BCUT2D eigenvalue weighted by Crippen LogP contribution is -2.12. The summed E-state index contributed by atoms with van der Waals surface area (Å²) in [6.07, 6.45) is 3.31. The van der Waals surface area contributed by atoms with Crippen LogP contribution in [0.3, 0.4) is 0 Å². The van der Waals surface area contributed by atoms with Gasteiger partial charge in [-0.3, -0.25) is 9.59 Å². The van der Waals surface area contributed by atoms with E-state index in [4.69, 9.17) is 0 Å². The van der Waals surface area contributed by atoms with Crippen molar-refractivity contribution < 1.29 is 9.59 Å². The van der Waals surface area contributed by atoms with Crippen LogP contribution in [0.25, 0.3) is 6.08 Å². The largest absolute Gasteiger partial charge is 0.322 e. The minimum absolute atomic E-state index is 0.111. The van der Waals surface area contributed by atoms with Gasteiger partial charge in [-0.25, -0.2) is 0 Å². The van der Waals surface area contributed by atoms with Crippen molar-refractivity contribution in [2.24, 2.45) is 0 Å². The molecular weight excluding hydrogens is 310 g/mol. The lowest BCUT2D eigenvalue weighted by Gasteiger charge is -2.06. The molecule has 0 spiro atoms. The number of ketones is 1. The molecule has 3 rings (SSSR count). The Labute approximate surface area is 146 Å². The second kappa shape index (κ2) is 7.88. The number of nitrogens with one attached hydrogen (secondary N) is 1. The van der Waals surface area contributed by atoms with Gasteiger partial charge in [0.2, 0.25) is 0 Å². The van der Waals surface area contributed by atoms with Gasteiger partial charge in [0, 0.05) is 16.8 Å². The molecule has 0 saturated heterocycles. The first-order valence-corrected chi connectivity index (χ1v) is 7.96. The number of allylic oxidation sites excluding steroid dienone is 1. The quantitative estimate of drug-likeness (QED) is 0.538. The van der Waals surface area contributed by atoms with Crippen LogP contribution in [0.15, 0.2) is 91.0 Å². The molecule has 122 valence electrons. The molecule has 0 aliphatic rings. The van der Waals surface area contributed by atoms with E-state index >= 15 is 0 Å². The second-order valence-corrected chi connectivity index (χ2v) is 5.51. The van der Waals surface area contributed by atoms with Gasteiger partial charge in [-0.05, 0) is 35.9 Å². The van der Waals surface area contributed by atoms with Crippen molar-refractivity contribution in [1.29, 1.82) is 0 Å². The van der Waals surface area contributed by atoms with E-state index in [0.717, 1.165) is 5.56 Å². The van der Waals surface area contributed by atoms with E-state index in [1.54, 1.807) is 42.5 Å². The molecular formula is C22H17NO2. The number of rotatable bonds is 5. The molecule has 0 atom stereocenters. The molecule has 0 aromatic heterocycles. The highest BCUT2D eigenvalue weighted by Crippen LogP contribution is 2.14. The van der Waals surface area contributed by atoms with Gasteiger partial charge in [0.1, 0.15) is 0 Å². The van der Waals surface area contributed by atoms with E-state index in [2.05, 4.69) is 5.32 Å². The fourth-order valence-corrected chi connectivity index (χ4v) is 2.38. The highest BCUT2D eigenvalue weighted by molar-refractivity contribution is 6.08. The fraction of sp³-hybridized carbons (Fsp3) is 0. The summed E-state index contributed by atoms with van der Waals surface area (Å²) in [6.45, 7) is 0. The van der Waals surface area contributed by atoms with Crippen LogP contribution in [0.1, 0.15) is 26.3 Å². The molecule has 3 aromatic carbocycles. The summed E-state index contributed by atoms with van der Waals surface area (Å²) >= 11 is 0. The molecule has 0 radical (unpaired) electrons. The zero-order valence-corrected chi connectivity index (χ0v) is 13.6. The highest BCUT2D eigenvalue weighted by Gasteiger charge is 2.07. The van der Waals surface area contributed by atoms with Gasteiger partial charge in [-0.15, -0.1) is 0 Å². The van der Waals surface area contributed by atoms with Crippen molar-refractivity contribution in [1.82, 2.24) is 0 Å². The highest BCUT2D eigenvalue weighted by atomic mass is 16.1. The summed E-state index contributed by atoms with van der Waals surface area (Å²) in [5, 5.41) is 2.81. The smallest absolute Gasteiger partial charge is 0.255 e. The predicted molar refractivity (Wildman–Crippen MR) is 101 cm³/mol. The van der Waals surface area contributed by atoms with Gasteiger partial charge in [-0.2, -0.15) is 0 Å². The van der Waals surface area contributed by atoms with Crippen LogP contribution in [-0.4, -0.2) is 11.7 Å². The third kappa shape index (κ3) is 4.52. The Bertz CT molecular complexity index is 900. The van der Waals surface area contributed by atoms with E-state index in [9.17, 15) is 9.59 Å². The van der Waals surface area contributed by atoms with Gasteiger partial charge < -0.3 is 5.32 Å². The molecule has 3 heteroatoms. The summed E-state index contributed by atoms with van der Waals surface area (Å²) in [5.74, 6) is -0.315. The van der Waals surface area contributed by atoms with Crippen LogP contribution in [0.2, 0.25) is 0 Å². The van der Waals surface area contributed by atoms with Gasteiger partial charge in [-0.1, -0.05) is 66.7 Å². The Hall–Kier alpha value is -3.46. The van der Waals surface area contributed by atoms with Gasteiger partial charge in [0.25, 0.3) is 5.91 Å². The number of anilines is 1. The van der Waals surface area contributed by atoms with Crippen molar-refractivity contribution in [2.75, 3.05) is 5.32 Å². The summed E-state index contributed by atoms with van der Waals surface area (Å²) in [4.78, 5) is 24.5. The molecule has 0 bridgehead atoms. The molecule has 0 fully saturated rings. The minimum Gasteiger partial charge on any atom is -0.322 e. The summed E-state index contributed by atoms with van der Waals surface area (Å²) in [6, 6.07) is 25.5. The molecule has 3 nitrogen and oxygen atoms in total. The molecule has 1 amide bonds. The molecule has 0 aliphatic carbocycles. The Kier molecular flexibility index (Phi) is 5.17. The lowest BCUT2D eigenvalue weighted by molar-refractivity contribution is 0.102. The monoisotopic (exact) mass is 327 g/mol.